The maximum atomic E-state index is 4.26. The van der Waals surface area contributed by atoms with E-state index in [1.54, 1.807) is 0 Å². The molecule has 0 aliphatic heterocycles. The van der Waals surface area contributed by atoms with Crippen LogP contribution in [-0.4, -0.2) is 27.9 Å². The summed E-state index contributed by atoms with van der Waals surface area (Å²) in [6.07, 6.45) is 0. The molecule has 1 aromatic heterocycles. The van der Waals surface area contributed by atoms with Gasteiger partial charge in [0, 0.05) is 25.7 Å². The SMILES string of the molecule is CC(C)N(C)c1nnc(-c2ccccc2)n1C. The van der Waals surface area contributed by atoms with Crippen LogP contribution in [-0.2, 0) is 7.05 Å². The van der Waals surface area contributed by atoms with Crippen molar-refractivity contribution in [2.75, 3.05) is 11.9 Å². The van der Waals surface area contributed by atoms with Gasteiger partial charge in [0.25, 0.3) is 0 Å². The average Bonchev–Trinajstić information content (AvgIpc) is 2.71. The first-order valence-corrected chi connectivity index (χ1v) is 5.79. The van der Waals surface area contributed by atoms with Crippen molar-refractivity contribution in [2.24, 2.45) is 7.05 Å². The van der Waals surface area contributed by atoms with Gasteiger partial charge in [0.15, 0.2) is 5.82 Å². The molecule has 2 rings (SSSR count). The van der Waals surface area contributed by atoms with Gasteiger partial charge in [-0.3, -0.25) is 4.57 Å². The summed E-state index contributed by atoms with van der Waals surface area (Å²) < 4.78 is 2.02. The Kier molecular flexibility index (Phi) is 3.13. The number of benzene rings is 1. The van der Waals surface area contributed by atoms with E-state index >= 15 is 0 Å². The van der Waals surface area contributed by atoms with Crippen molar-refractivity contribution in [1.82, 2.24) is 14.8 Å². The molecule has 0 saturated heterocycles. The third-order valence-electron chi connectivity index (χ3n) is 2.97. The molecule has 0 fully saturated rings. The van der Waals surface area contributed by atoms with E-state index in [0.29, 0.717) is 6.04 Å². The standard InChI is InChI=1S/C13H18N4/c1-10(2)16(3)13-15-14-12(17(13)4)11-8-6-5-7-9-11/h5-10H,1-4H3. The summed E-state index contributed by atoms with van der Waals surface area (Å²) in [5.41, 5.74) is 1.09. The molecular formula is C13H18N4. The molecule has 0 bridgehead atoms. The van der Waals surface area contributed by atoms with Crippen molar-refractivity contribution < 1.29 is 0 Å². The quantitative estimate of drug-likeness (QED) is 0.811. The van der Waals surface area contributed by atoms with Crippen LogP contribution in [0.15, 0.2) is 30.3 Å². The van der Waals surface area contributed by atoms with E-state index < -0.39 is 0 Å². The monoisotopic (exact) mass is 230 g/mol. The van der Waals surface area contributed by atoms with Crippen LogP contribution in [0.1, 0.15) is 13.8 Å². The first-order valence-electron chi connectivity index (χ1n) is 5.79. The molecular weight excluding hydrogens is 212 g/mol. The lowest BCUT2D eigenvalue weighted by molar-refractivity contribution is 0.707. The first-order chi connectivity index (χ1) is 8.11. The van der Waals surface area contributed by atoms with Crippen LogP contribution in [0.3, 0.4) is 0 Å². The molecule has 17 heavy (non-hydrogen) atoms. The molecule has 1 aromatic carbocycles. The Labute approximate surface area is 102 Å². The molecule has 0 aliphatic rings. The lowest BCUT2D eigenvalue weighted by atomic mass is 10.2. The fourth-order valence-electron chi connectivity index (χ4n) is 1.70. The van der Waals surface area contributed by atoms with E-state index in [0.717, 1.165) is 17.3 Å². The summed E-state index contributed by atoms with van der Waals surface area (Å²) in [6.45, 7) is 4.27. The second-order valence-electron chi connectivity index (χ2n) is 4.45. The van der Waals surface area contributed by atoms with Gasteiger partial charge < -0.3 is 4.90 Å². The minimum atomic E-state index is 0.404. The maximum Gasteiger partial charge on any atom is 0.227 e. The number of hydrogen-bond acceptors (Lipinski definition) is 3. The second-order valence-corrected chi connectivity index (χ2v) is 4.45. The Morgan fingerprint density at radius 3 is 2.35 bits per heavy atom. The van der Waals surface area contributed by atoms with Gasteiger partial charge in [0.05, 0.1) is 0 Å². The smallest absolute Gasteiger partial charge is 0.227 e. The normalized spacial score (nSPS) is 10.9. The number of aromatic nitrogens is 3. The van der Waals surface area contributed by atoms with E-state index in [4.69, 9.17) is 0 Å². The van der Waals surface area contributed by atoms with Gasteiger partial charge in [-0.2, -0.15) is 0 Å². The summed E-state index contributed by atoms with van der Waals surface area (Å²) in [4.78, 5) is 2.11. The Bertz CT molecular complexity index is 487. The molecule has 0 saturated carbocycles. The average molecular weight is 230 g/mol. The topological polar surface area (TPSA) is 34.0 Å². The zero-order valence-corrected chi connectivity index (χ0v) is 10.8. The van der Waals surface area contributed by atoms with Crippen LogP contribution in [0.4, 0.5) is 5.95 Å². The van der Waals surface area contributed by atoms with Crippen molar-refractivity contribution in [1.29, 1.82) is 0 Å². The van der Waals surface area contributed by atoms with E-state index in [9.17, 15) is 0 Å². The van der Waals surface area contributed by atoms with E-state index in [2.05, 4.69) is 28.9 Å². The highest BCUT2D eigenvalue weighted by atomic mass is 15.4. The zero-order chi connectivity index (χ0) is 12.4. The molecule has 0 radical (unpaired) electrons. The fraction of sp³-hybridized carbons (Fsp3) is 0.385. The molecule has 1 heterocycles. The van der Waals surface area contributed by atoms with Crippen molar-refractivity contribution in [2.45, 2.75) is 19.9 Å². The van der Waals surface area contributed by atoms with E-state index in [-0.39, 0.29) is 0 Å². The highest BCUT2D eigenvalue weighted by Gasteiger charge is 2.15. The highest BCUT2D eigenvalue weighted by Crippen LogP contribution is 2.21. The number of hydrogen-bond donors (Lipinski definition) is 0. The summed E-state index contributed by atoms with van der Waals surface area (Å²) in [6, 6.07) is 10.5. The van der Waals surface area contributed by atoms with Crippen LogP contribution in [0.5, 0.6) is 0 Å². The third-order valence-corrected chi connectivity index (χ3v) is 2.97. The summed E-state index contributed by atoms with van der Waals surface area (Å²) >= 11 is 0. The van der Waals surface area contributed by atoms with Gasteiger partial charge in [-0.25, -0.2) is 0 Å². The summed E-state index contributed by atoms with van der Waals surface area (Å²) in [5, 5.41) is 8.51. The molecule has 4 nitrogen and oxygen atoms in total. The Morgan fingerprint density at radius 2 is 1.76 bits per heavy atom. The Morgan fingerprint density at radius 1 is 1.12 bits per heavy atom. The third kappa shape index (κ3) is 2.16. The Balaban J connectivity index is 2.40. The largest absolute Gasteiger partial charge is 0.342 e. The lowest BCUT2D eigenvalue weighted by Crippen LogP contribution is -2.28. The molecule has 0 amide bonds. The number of anilines is 1. The fourth-order valence-corrected chi connectivity index (χ4v) is 1.70. The van der Waals surface area contributed by atoms with Gasteiger partial charge in [0.1, 0.15) is 0 Å². The molecule has 0 unspecified atom stereocenters. The Hall–Kier alpha value is -1.84. The minimum Gasteiger partial charge on any atom is -0.342 e. The lowest BCUT2D eigenvalue weighted by Gasteiger charge is -2.21. The molecule has 2 aromatic rings. The molecule has 0 N–H and O–H groups in total. The van der Waals surface area contributed by atoms with Crippen molar-refractivity contribution in [3.05, 3.63) is 30.3 Å². The van der Waals surface area contributed by atoms with Crippen LogP contribution in [0.2, 0.25) is 0 Å². The van der Waals surface area contributed by atoms with Crippen LogP contribution in [0, 0.1) is 0 Å². The first kappa shape index (κ1) is 11.6. The maximum absolute atomic E-state index is 4.26. The highest BCUT2D eigenvalue weighted by molar-refractivity contribution is 5.57. The molecule has 0 atom stereocenters. The summed E-state index contributed by atoms with van der Waals surface area (Å²) in [7, 11) is 4.03. The molecule has 0 spiro atoms. The van der Waals surface area contributed by atoms with Crippen LogP contribution < -0.4 is 4.90 Å². The second kappa shape index (κ2) is 4.57. The predicted octanol–water partition coefficient (Wildman–Crippen LogP) is 2.33. The van der Waals surface area contributed by atoms with Crippen molar-refractivity contribution in [3.63, 3.8) is 0 Å². The summed E-state index contributed by atoms with van der Waals surface area (Å²) in [5.74, 6) is 1.78. The molecule has 90 valence electrons. The van der Waals surface area contributed by atoms with Crippen LogP contribution >= 0.6 is 0 Å². The van der Waals surface area contributed by atoms with Crippen molar-refractivity contribution >= 4 is 5.95 Å². The van der Waals surface area contributed by atoms with E-state index in [1.165, 1.54) is 0 Å². The van der Waals surface area contributed by atoms with Gasteiger partial charge in [-0.05, 0) is 13.8 Å². The van der Waals surface area contributed by atoms with Crippen LogP contribution in [0.25, 0.3) is 11.4 Å². The van der Waals surface area contributed by atoms with Gasteiger partial charge >= 0.3 is 0 Å². The minimum absolute atomic E-state index is 0.404. The van der Waals surface area contributed by atoms with Crippen molar-refractivity contribution in [3.8, 4) is 11.4 Å². The van der Waals surface area contributed by atoms with E-state index in [1.807, 2.05) is 49.0 Å². The number of rotatable bonds is 3. The molecule has 4 heteroatoms. The van der Waals surface area contributed by atoms with Gasteiger partial charge in [-0.1, -0.05) is 30.3 Å². The molecule has 0 aliphatic carbocycles. The van der Waals surface area contributed by atoms with Gasteiger partial charge in [0.2, 0.25) is 5.95 Å². The number of nitrogens with zero attached hydrogens (tertiary/aromatic N) is 4. The zero-order valence-electron chi connectivity index (χ0n) is 10.8. The van der Waals surface area contributed by atoms with Gasteiger partial charge in [-0.15, -0.1) is 10.2 Å². The predicted molar refractivity (Wildman–Crippen MR) is 70.0 cm³/mol.